The number of hydrogen-bond acceptors (Lipinski definition) is 3. The first-order valence-corrected chi connectivity index (χ1v) is 4.66. The predicted molar refractivity (Wildman–Crippen MR) is 52.7 cm³/mol. The molecule has 1 aromatic heterocycles. The van der Waals surface area contributed by atoms with Crippen molar-refractivity contribution in [2.45, 2.75) is 6.92 Å². The lowest BCUT2D eigenvalue weighted by atomic mass is 10.0. The fourth-order valence-corrected chi connectivity index (χ4v) is 1.65. The first kappa shape index (κ1) is 9.05. The number of hydrogen-bond donors (Lipinski definition) is 1. The van der Waals surface area contributed by atoms with E-state index in [9.17, 15) is 4.79 Å². The summed E-state index contributed by atoms with van der Waals surface area (Å²) in [6.45, 7) is 3.77. The van der Waals surface area contributed by atoms with E-state index in [1.165, 1.54) is 10.9 Å². The molecule has 2 rings (SSSR count). The van der Waals surface area contributed by atoms with Crippen molar-refractivity contribution in [2.75, 3.05) is 18.8 Å². The molecule has 0 bridgehead atoms. The molecule has 2 heterocycles. The van der Waals surface area contributed by atoms with Crippen molar-refractivity contribution in [3.05, 3.63) is 11.8 Å². The maximum Gasteiger partial charge on any atom is 0.259 e. The molecule has 5 nitrogen and oxygen atoms in total. The van der Waals surface area contributed by atoms with Gasteiger partial charge in [-0.3, -0.25) is 9.48 Å². The lowest BCUT2D eigenvalue weighted by molar-refractivity contribution is 0.0531. The Morgan fingerprint density at radius 1 is 1.64 bits per heavy atom. The molecule has 0 saturated carbocycles. The van der Waals surface area contributed by atoms with Crippen LogP contribution in [0.3, 0.4) is 0 Å². The summed E-state index contributed by atoms with van der Waals surface area (Å²) in [6, 6.07) is 0. The van der Waals surface area contributed by atoms with Crippen molar-refractivity contribution in [2.24, 2.45) is 13.0 Å². The van der Waals surface area contributed by atoms with Crippen LogP contribution < -0.4 is 5.73 Å². The Labute approximate surface area is 82.5 Å². The van der Waals surface area contributed by atoms with Crippen molar-refractivity contribution >= 4 is 11.7 Å². The van der Waals surface area contributed by atoms with E-state index in [4.69, 9.17) is 5.73 Å². The van der Waals surface area contributed by atoms with Gasteiger partial charge in [0.1, 0.15) is 11.4 Å². The number of carbonyl (C=O) groups excluding carboxylic acids is 1. The molecule has 5 heteroatoms. The van der Waals surface area contributed by atoms with Gasteiger partial charge in [0.05, 0.1) is 6.20 Å². The fraction of sp³-hybridized carbons (Fsp3) is 0.556. The normalized spacial score (nSPS) is 16.9. The minimum absolute atomic E-state index is 0.00583. The number of amides is 1. The Hall–Kier alpha value is -1.52. The molecule has 0 atom stereocenters. The Kier molecular flexibility index (Phi) is 1.94. The van der Waals surface area contributed by atoms with E-state index >= 15 is 0 Å². The highest BCUT2D eigenvalue weighted by molar-refractivity contribution is 5.98. The summed E-state index contributed by atoms with van der Waals surface area (Å²) < 4.78 is 1.51. The van der Waals surface area contributed by atoms with Gasteiger partial charge in [-0.1, -0.05) is 6.92 Å². The minimum Gasteiger partial charge on any atom is -0.383 e. The van der Waals surface area contributed by atoms with Crippen molar-refractivity contribution in [1.82, 2.24) is 14.7 Å². The van der Waals surface area contributed by atoms with Crippen molar-refractivity contribution in [1.29, 1.82) is 0 Å². The summed E-state index contributed by atoms with van der Waals surface area (Å²) in [7, 11) is 1.73. The van der Waals surface area contributed by atoms with Crippen LogP contribution in [0.2, 0.25) is 0 Å². The van der Waals surface area contributed by atoms with Gasteiger partial charge >= 0.3 is 0 Å². The second-order valence-corrected chi connectivity index (χ2v) is 3.88. The fourth-order valence-electron chi connectivity index (χ4n) is 1.65. The number of nitrogen functional groups attached to an aromatic ring is 1. The number of rotatable bonds is 1. The van der Waals surface area contributed by atoms with E-state index in [2.05, 4.69) is 12.0 Å². The highest BCUT2D eigenvalue weighted by Gasteiger charge is 2.29. The third-order valence-electron chi connectivity index (χ3n) is 2.57. The quantitative estimate of drug-likeness (QED) is 0.689. The van der Waals surface area contributed by atoms with Crippen molar-refractivity contribution < 1.29 is 4.79 Å². The number of likely N-dealkylation sites (tertiary alicyclic amines) is 1. The molecule has 0 radical (unpaired) electrons. The van der Waals surface area contributed by atoms with E-state index in [1.807, 2.05) is 0 Å². The maximum atomic E-state index is 11.8. The Balaban J connectivity index is 2.16. The summed E-state index contributed by atoms with van der Waals surface area (Å²) in [4.78, 5) is 13.6. The summed E-state index contributed by atoms with van der Waals surface area (Å²) in [5.41, 5.74) is 6.22. The van der Waals surface area contributed by atoms with E-state index in [0.29, 0.717) is 17.3 Å². The Morgan fingerprint density at radius 3 is 2.71 bits per heavy atom. The van der Waals surface area contributed by atoms with Gasteiger partial charge in [0.2, 0.25) is 0 Å². The lowest BCUT2D eigenvalue weighted by Crippen LogP contribution is -2.48. The molecule has 1 aromatic rings. The molecule has 2 N–H and O–H groups in total. The van der Waals surface area contributed by atoms with Crippen LogP contribution in [-0.2, 0) is 7.05 Å². The third kappa shape index (κ3) is 1.25. The second-order valence-electron chi connectivity index (χ2n) is 3.88. The van der Waals surface area contributed by atoms with Gasteiger partial charge in [0.15, 0.2) is 0 Å². The second kappa shape index (κ2) is 3.01. The molecular weight excluding hydrogens is 180 g/mol. The largest absolute Gasteiger partial charge is 0.383 e. The first-order valence-electron chi connectivity index (χ1n) is 4.66. The highest BCUT2D eigenvalue weighted by atomic mass is 16.2. The molecule has 0 spiro atoms. The molecule has 0 aliphatic carbocycles. The average Bonchev–Trinajstić information content (AvgIpc) is 2.42. The average molecular weight is 194 g/mol. The van der Waals surface area contributed by atoms with Crippen LogP contribution >= 0.6 is 0 Å². The minimum atomic E-state index is -0.00583. The molecule has 1 aliphatic rings. The zero-order valence-electron chi connectivity index (χ0n) is 8.40. The molecule has 0 aromatic carbocycles. The van der Waals surface area contributed by atoms with Gasteiger partial charge in [0, 0.05) is 20.1 Å². The SMILES string of the molecule is CC1CN(C(=O)c2cnn(C)c2N)C1. The van der Waals surface area contributed by atoms with Crippen molar-refractivity contribution in [3.63, 3.8) is 0 Å². The Morgan fingerprint density at radius 2 is 2.29 bits per heavy atom. The summed E-state index contributed by atoms with van der Waals surface area (Å²) in [6.07, 6.45) is 1.53. The van der Waals surface area contributed by atoms with Crippen LogP contribution in [0.1, 0.15) is 17.3 Å². The van der Waals surface area contributed by atoms with Gasteiger partial charge in [-0.25, -0.2) is 0 Å². The molecule has 1 fully saturated rings. The van der Waals surface area contributed by atoms with E-state index in [1.54, 1.807) is 11.9 Å². The van der Waals surface area contributed by atoms with Gasteiger partial charge < -0.3 is 10.6 Å². The number of nitrogens with zero attached hydrogens (tertiary/aromatic N) is 3. The summed E-state index contributed by atoms with van der Waals surface area (Å²) in [5.74, 6) is 1.04. The summed E-state index contributed by atoms with van der Waals surface area (Å²) in [5, 5.41) is 3.94. The molecule has 76 valence electrons. The van der Waals surface area contributed by atoms with E-state index in [-0.39, 0.29) is 5.91 Å². The zero-order chi connectivity index (χ0) is 10.3. The van der Waals surface area contributed by atoms with Crippen LogP contribution in [0.4, 0.5) is 5.82 Å². The first-order chi connectivity index (χ1) is 6.59. The maximum absolute atomic E-state index is 11.8. The monoisotopic (exact) mass is 194 g/mol. The standard InChI is InChI=1S/C9H14N4O/c1-6-4-13(5-6)9(14)7-3-11-12(2)8(7)10/h3,6H,4-5,10H2,1-2H3. The molecule has 0 unspecified atom stereocenters. The van der Waals surface area contributed by atoms with Crippen LogP contribution in [0.25, 0.3) is 0 Å². The van der Waals surface area contributed by atoms with Gasteiger partial charge in [-0.05, 0) is 5.92 Å². The molecule has 1 aliphatic heterocycles. The highest BCUT2D eigenvalue weighted by Crippen LogP contribution is 2.20. The number of aromatic nitrogens is 2. The number of nitrogens with two attached hydrogens (primary N) is 1. The van der Waals surface area contributed by atoms with E-state index < -0.39 is 0 Å². The molecule has 1 amide bonds. The molecular formula is C9H14N4O. The lowest BCUT2D eigenvalue weighted by Gasteiger charge is -2.36. The number of anilines is 1. The topological polar surface area (TPSA) is 64.2 Å². The number of carbonyl (C=O) groups is 1. The van der Waals surface area contributed by atoms with Crippen molar-refractivity contribution in [3.8, 4) is 0 Å². The van der Waals surface area contributed by atoms with Gasteiger partial charge in [-0.15, -0.1) is 0 Å². The van der Waals surface area contributed by atoms with Crippen LogP contribution in [0.5, 0.6) is 0 Å². The van der Waals surface area contributed by atoms with Crippen LogP contribution in [0, 0.1) is 5.92 Å². The number of aryl methyl sites for hydroxylation is 1. The van der Waals surface area contributed by atoms with Gasteiger partial charge in [-0.2, -0.15) is 5.10 Å². The molecule has 1 saturated heterocycles. The predicted octanol–water partition coefficient (Wildman–Crippen LogP) is 0.0942. The van der Waals surface area contributed by atoms with Gasteiger partial charge in [0.25, 0.3) is 5.91 Å². The summed E-state index contributed by atoms with van der Waals surface area (Å²) >= 11 is 0. The van der Waals surface area contributed by atoms with E-state index in [0.717, 1.165) is 13.1 Å². The zero-order valence-corrected chi connectivity index (χ0v) is 8.40. The Bertz CT molecular complexity index is 365. The third-order valence-corrected chi connectivity index (χ3v) is 2.57. The smallest absolute Gasteiger partial charge is 0.259 e. The molecule has 14 heavy (non-hydrogen) atoms. The van der Waals surface area contributed by atoms with Crippen LogP contribution in [-0.4, -0.2) is 33.7 Å². The van der Waals surface area contributed by atoms with Crippen LogP contribution in [0.15, 0.2) is 6.20 Å².